The van der Waals surface area contributed by atoms with Crippen LogP contribution in [0.4, 0.5) is 0 Å². The Labute approximate surface area is 99.7 Å². The molecule has 0 saturated heterocycles. The van der Waals surface area contributed by atoms with Gasteiger partial charge < -0.3 is 9.88 Å². The van der Waals surface area contributed by atoms with Gasteiger partial charge in [0.25, 0.3) is 0 Å². The van der Waals surface area contributed by atoms with Crippen LogP contribution >= 0.6 is 0 Å². The van der Waals surface area contributed by atoms with Crippen LogP contribution in [0.1, 0.15) is 17.2 Å². The van der Waals surface area contributed by atoms with E-state index in [-0.39, 0.29) is 0 Å². The highest BCUT2D eigenvalue weighted by Crippen LogP contribution is 2.15. The molecule has 1 aliphatic heterocycles. The molecule has 6 heteroatoms. The van der Waals surface area contributed by atoms with E-state index in [2.05, 4.69) is 32.1 Å². The Bertz CT molecular complexity index is 498. The van der Waals surface area contributed by atoms with Gasteiger partial charge in [-0.3, -0.25) is 4.68 Å². The maximum atomic E-state index is 4.61. The molecule has 0 bridgehead atoms. The molecule has 0 aromatic carbocycles. The Hall–Kier alpha value is -1.69. The molecule has 0 saturated carbocycles. The fourth-order valence-electron chi connectivity index (χ4n) is 2.36. The molecule has 0 radical (unpaired) electrons. The Morgan fingerprint density at radius 3 is 3.18 bits per heavy atom. The summed E-state index contributed by atoms with van der Waals surface area (Å²) in [4.78, 5) is 4.61. The lowest BCUT2D eigenvalue weighted by Gasteiger charge is -2.15. The van der Waals surface area contributed by atoms with E-state index in [1.807, 2.05) is 10.9 Å². The lowest BCUT2D eigenvalue weighted by atomic mass is 10.2. The quantitative estimate of drug-likeness (QED) is 0.817. The Morgan fingerprint density at radius 2 is 2.35 bits per heavy atom. The summed E-state index contributed by atoms with van der Waals surface area (Å²) in [6.45, 7) is 5.77. The molecule has 17 heavy (non-hydrogen) atoms. The van der Waals surface area contributed by atoms with Crippen LogP contribution in [0, 0.1) is 6.92 Å². The van der Waals surface area contributed by atoms with Gasteiger partial charge in [0, 0.05) is 37.9 Å². The SMILES string of the molecule is Cc1nc2c(n1CCn1ccnn1)CCNC2. The number of imidazole rings is 1. The second-order valence-corrected chi connectivity index (χ2v) is 4.30. The summed E-state index contributed by atoms with van der Waals surface area (Å²) < 4.78 is 4.16. The zero-order valence-electron chi connectivity index (χ0n) is 9.93. The van der Waals surface area contributed by atoms with Gasteiger partial charge in [-0.15, -0.1) is 5.10 Å². The molecule has 0 aliphatic carbocycles. The van der Waals surface area contributed by atoms with E-state index in [4.69, 9.17) is 0 Å². The van der Waals surface area contributed by atoms with Crippen LogP contribution < -0.4 is 5.32 Å². The first-order chi connectivity index (χ1) is 8.34. The van der Waals surface area contributed by atoms with Crippen LogP contribution in [0.15, 0.2) is 12.4 Å². The maximum Gasteiger partial charge on any atom is 0.106 e. The smallest absolute Gasteiger partial charge is 0.106 e. The molecule has 3 heterocycles. The molecule has 1 aliphatic rings. The predicted octanol–water partition coefficient (Wildman–Crippen LogP) is 0.129. The summed E-state index contributed by atoms with van der Waals surface area (Å²) in [5, 5.41) is 11.1. The van der Waals surface area contributed by atoms with Gasteiger partial charge in [-0.2, -0.15) is 0 Å². The maximum absolute atomic E-state index is 4.61. The topological polar surface area (TPSA) is 60.6 Å². The third kappa shape index (κ3) is 1.95. The highest BCUT2D eigenvalue weighted by Gasteiger charge is 2.17. The van der Waals surface area contributed by atoms with Crippen molar-refractivity contribution in [2.75, 3.05) is 6.54 Å². The van der Waals surface area contributed by atoms with Crippen LogP contribution in [0.25, 0.3) is 0 Å². The normalized spacial score (nSPS) is 14.9. The van der Waals surface area contributed by atoms with E-state index in [9.17, 15) is 0 Å². The minimum absolute atomic E-state index is 0.844. The predicted molar refractivity (Wildman–Crippen MR) is 62.4 cm³/mol. The summed E-state index contributed by atoms with van der Waals surface area (Å²) in [6, 6.07) is 0. The van der Waals surface area contributed by atoms with E-state index in [1.165, 1.54) is 11.4 Å². The van der Waals surface area contributed by atoms with Crippen LogP contribution in [-0.2, 0) is 26.1 Å². The summed E-state index contributed by atoms with van der Waals surface area (Å²) >= 11 is 0. The fourth-order valence-corrected chi connectivity index (χ4v) is 2.36. The molecule has 1 N–H and O–H groups in total. The van der Waals surface area contributed by atoms with Crippen molar-refractivity contribution in [3.05, 3.63) is 29.6 Å². The van der Waals surface area contributed by atoms with Gasteiger partial charge in [-0.25, -0.2) is 4.98 Å². The van der Waals surface area contributed by atoms with Gasteiger partial charge in [-0.1, -0.05) is 5.21 Å². The first kappa shape index (κ1) is 10.5. The van der Waals surface area contributed by atoms with Crippen molar-refractivity contribution in [2.45, 2.75) is 33.0 Å². The number of nitrogens with zero attached hydrogens (tertiary/aromatic N) is 5. The van der Waals surface area contributed by atoms with E-state index in [1.54, 1.807) is 6.20 Å². The summed E-state index contributed by atoms with van der Waals surface area (Å²) in [6.07, 6.45) is 4.66. The van der Waals surface area contributed by atoms with Crippen LogP contribution in [-0.4, -0.2) is 31.1 Å². The number of rotatable bonds is 3. The number of aromatic nitrogens is 5. The zero-order chi connectivity index (χ0) is 11.7. The van der Waals surface area contributed by atoms with Gasteiger partial charge in [0.15, 0.2) is 0 Å². The van der Waals surface area contributed by atoms with Crippen molar-refractivity contribution in [3.63, 3.8) is 0 Å². The van der Waals surface area contributed by atoms with E-state index < -0.39 is 0 Å². The standard InChI is InChI=1S/C11H16N6/c1-9-14-10-8-12-3-2-11(10)17(9)7-6-16-5-4-13-15-16/h4-5,12H,2-3,6-8H2,1H3. The Kier molecular flexibility index (Phi) is 2.64. The Balaban J connectivity index is 1.80. The van der Waals surface area contributed by atoms with Crippen molar-refractivity contribution < 1.29 is 0 Å². The van der Waals surface area contributed by atoms with E-state index in [0.29, 0.717) is 0 Å². The van der Waals surface area contributed by atoms with Crippen LogP contribution in [0.2, 0.25) is 0 Å². The third-order valence-electron chi connectivity index (χ3n) is 3.20. The van der Waals surface area contributed by atoms with Crippen LogP contribution in [0.3, 0.4) is 0 Å². The van der Waals surface area contributed by atoms with Gasteiger partial charge in [0.05, 0.1) is 18.4 Å². The zero-order valence-corrected chi connectivity index (χ0v) is 9.93. The first-order valence-electron chi connectivity index (χ1n) is 5.94. The molecule has 0 atom stereocenters. The second kappa shape index (κ2) is 4.29. The molecule has 0 unspecified atom stereocenters. The van der Waals surface area contributed by atoms with Crippen LogP contribution in [0.5, 0.6) is 0 Å². The molecule has 6 nitrogen and oxygen atoms in total. The number of hydrogen-bond acceptors (Lipinski definition) is 4. The molecule has 0 fully saturated rings. The molecule has 2 aromatic rings. The fraction of sp³-hybridized carbons (Fsp3) is 0.545. The summed E-state index contributed by atoms with van der Waals surface area (Å²) in [7, 11) is 0. The molecule has 90 valence electrons. The molecule has 2 aromatic heterocycles. The molecular weight excluding hydrogens is 216 g/mol. The molecule has 3 rings (SSSR count). The first-order valence-corrected chi connectivity index (χ1v) is 5.94. The minimum Gasteiger partial charge on any atom is -0.330 e. The highest BCUT2D eigenvalue weighted by atomic mass is 15.4. The second-order valence-electron chi connectivity index (χ2n) is 4.30. The lowest BCUT2D eigenvalue weighted by Crippen LogP contribution is -2.25. The van der Waals surface area contributed by atoms with Crippen molar-refractivity contribution in [1.29, 1.82) is 0 Å². The van der Waals surface area contributed by atoms with Crippen molar-refractivity contribution in [3.8, 4) is 0 Å². The highest BCUT2D eigenvalue weighted by molar-refractivity contribution is 5.19. The van der Waals surface area contributed by atoms with Gasteiger partial charge in [0.1, 0.15) is 5.82 Å². The Morgan fingerprint density at radius 1 is 1.41 bits per heavy atom. The molecule has 0 spiro atoms. The van der Waals surface area contributed by atoms with Gasteiger partial charge in [-0.05, 0) is 6.92 Å². The summed E-state index contributed by atoms with van der Waals surface area (Å²) in [5.74, 6) is 1.10. The number of nitrogens with one attached hydrogen (secondary N) is 1. The monoisotopic (exact) mass is 232 g/mol. The minimum atomic E-state index is 0.844. The average Bonchev–Trinajstić information content (AvgIpc) is 2.93. The third-order valence-corrected chi connectivity index (χ3v) is 3.20. The van der Waals surface area contributed by atoms with Crippen molar-refractivity contribution in [1.82, 2.24) is 29.9 Å². The van der Waals surface area contributed by atoms with Gasteiger partial charge in [0.2, 0.25) is 0 Å². The molecular formula is C11H16N6. The van der Waals surface area contributed by atoms with E-state index >= 15 is 0 Å². The largest absolute Gasteiger partial charge is 0.330 e. The molecule has 0 amide bonds. The summed E-state index contributed by atoms with van der Waals surface area (Å²) in [5.41, 5.74) is 2.58. The number of aryl methyl sites for hydroxylation is 2. The number of fused-ring (bicyclic) bond motifs is 1. The van der Waals surface area contributed by atoms with Gasteiger partial charge >= 0.3 is 0 Å². The van der Waals surface area contributed by atoms with Crippen molar-refractivity contribution in [2.24, 2.45) is 0 Å². The lowest BCUT2D eigenvalue weighted by molar-refractivity contribution is 0.495. The average molecular weight is 232 g/mol. The number of hydrogen-bond donors (Lipinski definition) is 1. The van der Waals surface area contributed by atoms with E-state index in [0.717, 1.165) is 38.4 Å². The van der Waals surface area contributed by atoms with Crippen molar-refractivity contribution >= 4 is 0 Å².